The number of hydrogen-bond donors (Lipinski definition) is 0. The number of carbonyl (C=O) groups excluding carboxylic acids is 1. The average Bonchev–Trinajstić information content (AvgIpc) is 3.27. The van der Waals surface area contributed by atoms with Crippen molar-refractivity contribution in [3.05, 3.63) is 53.0 Å². The van der Waals surface area contributed by atoms with Crippen LogP contribution in [0, 0.1) is 0 Å². The average molecular weight is 399 g/mol. The number of amides is 1. The summed E-state index contributed by atoms with van der Waals surface area (Å²) in [5.74, 6) is 2.59. The van der Waals surface area contributed by atoms with E-state index >= 15 is 0 Å². The molecule has 1 amide bonds. The number of thiazole rings is 1. The van der Waals surface area contributed by atoms with Crippen molar-refractivity contribution < 1.29 is 14.3 Å². The van der Waals surface area contributed by atoms with Crippen molar-refractivity contribution in [1.82, 2.24) is 9.88 Å². The van der Waals surface area contributed by atoms with Crippen molar-refractivity contribution in [3.63, 3.8) is 0 Å². The molecule has 5 nitrogen and oxygen atoms in total. The second-order valence-corrected chi connectivity index (χ2v) is 8.88. The van der Waals surface area contributed by atoms with Crippen LogP contribution in [-0.4, -0.2) is 41.4 Å². The number of benzene rings is 2. The summed E-state index contributed by atoms with van der Waals surface area (Å²) in [5, 5.41) is 0.940. The Morgan fingerprint density at radius 3 is 2.93 bits per heavy atom. The second kappa shape index (κ2) is 7.05. The van der Waals surface area contributed by atoms with E-state index in [9.17, 15) is 4.79 Å². The van der Waals surface area contributed by atoms with Gasteiger partial charge in [0.25, 0.3) is 5.91 Å². The van der Waals surface area contributed by atoms with Gasteiger partial charge in [-0.2, -0.15) is 11.8 Å². The van der Waals surface area contributed by atoms with E-state index in [2.05, 4.69) is 17.1 Å². The van der Waals surface area contributed by atoms with Gasteiger partial charge in [-0.15, -0.1) is 11.3 Å². The molecule has 2 aliphatic heterocycles. The molecular weight excluding hydrogens is 380 g/mol. The highest BCUT2D eigenvalue weighted by atomic mass is 32.2. The van der Waals surface area contributed by atoms with Crippen LogP contribution in [0.5, 0.6) is 11.5 Å². The smallest absolute Gasteiger partial charge is 0.282 e. The van der Waals surface area contributed by atoms with Gasteiger partial charge in [0.1, 0.15) is 0 Å². The lowest BCUT2D eigenvalue weighted by atomic mass is 10.1. The SMILES string of the molecule is O=C(c1nc2ccccc2s1)N1CCSC(c2ccc3c(c2)OCO3)CC1. The van der Waals surface area contributed by atoms with E-state index in [-0.39, 0.29) is 5.91 Å². The van der Waals surface area contributed by atoms with Gasteiger partial charge < -0.3 is 14.4 Å². The first kappa shape index (κ1) is 16.9. The number of ether oxygens (including phenoxy) is 2. The number of nitrogens with zero attached hydrogens (tertiary/aromatic N) is 2. The molecule has 0 bridgehead atoms. The normalized spacial score (nSPS) is 19.3. The van der Waals surface area contributed by atoms with Crippen LogP contribution in [0.25, 0.3) is 10.2 Å². The summed E-state index contributed by atoms with van der Waals surface area (Å²) in [5.41, 5.74) is 2.13. The Morgan fingerprint density at radius 1 is 1.11 bits per heavy atom. The molecule has 3 aromatic rings. The standard InChI is InChI=1S/C20H18N2O3S2/c23-20(19-21-14-3-1-2-4-18(14)27-19)22-8-7-17(26-10-9-22)13-5-6-15-16(11-13)25-12-24-15/h1-6,11,17H,7-10,12H2. The van der Waals surface area contributed by atoms with Crippen molar-refractivity contribution in [2.75, 3.05) is 25.6 Å². The van der Waals surface area contributed by atoms with Gasteiger partial charge in [0.15, 0.2) is 16.5 Å². The number of para-hydroxylation sites is 1. The third-order valence-corrected chi connectivity index (χ3v) is 7.23. The summed E-state index contributed by atoms with van der Waals surface area (Å²) in [7, 11) is 0. The summed E-state index contributed by atoms with van der Waals surface area (Å²) >= 11 is 3.37. The van der Waals surface area contributed by atoms with E-state index in [1.807, 2.05) is 47.0 Å². The molecule has 2 aliphatic rings. The molecule has 0 saturated carbocycles. The molecule has 1 saturated heterocycles. The Morgan fingerprint density at radius 2 is 2.00 bits per heavy atom. The molecule has 27 heavy (non-hydrogen) atoms. The highest BCUT2D eigenvalue weighted by molar-refractivity contribution is 7.99. The highest BCUT2D eigenvalue weighted by Crippen LogP contribution is 2.40. The fraction of sp³-hybridized carbons (Fsp3) is 0.300. The minimum absolute atomic E-state index is 0.0446. The Hall–Kier alpha value is -2.25. The molecule has 7 heteroatoms. The third-order valence-electron chi connectivity index (χ3n) is 4.87. The van der Waals surface area contributed by atoms with Crippen LogP contribution in [0.15, 0.2) is 42.5 Å². The van der Waals surface area contributed by atoms with E-state index in [0.29, 0.717) is 17.1 Å². The number of carbonyl (C=O) groups is 1. The summed E-state index contributed by atoms with van der Waals surface area (Å²) in [6.07, 6.45) is 0.918. The molecule has 2 aromatic carbocycles. The molecule has 0 aliphatic carbocycles. The van der Waals surface area contributed by atoms with Crippen molar-refractivity contribution >= 4 is 39.2 Å². The maximum absolute atomic E-state index is 12.9. The topological polar surface area (TPSA) is 51.7 Å². The Kier molecular flexibility index (Phi) is 4.41. The molecular formula is C20H18N2O3S2. The molecule has 1 unspecified atom stereocenters. The zero-order chi connectivity index (χ0) is 18.2. The molecule has 1 atom stereocenters. The van der Waals surface area contributed by atoms with Crippen molar-refractivity contribution in [2.24, 2.45) is 0 Å². The zero-order valence-electron chi connectivity index (χ0n) is 14.6. The van der Waals surface area contributed by atoms with Gasteiger partial charge in [-0.25, -0.2) is 4.98 Å². The summed E-state index contributed by atoms with van der Waals surface area (Å²) in [4.78, 5) is 19.4. The lowest BCUT2D eigenvalue weighted by Gasteiger charge is -2.19. The summed E-state index contributed by atoms with van der Waals surface area (Å²) < 4.78 is 12.0. The lowest BCUT2D eigenvalue weighted by Crippen LogP contribution is -2.32. The van der Waals surface area contributed by atoms with E-state index < -0.39 is 0 Å². The monoisotopic (exact) mass is 398 g/mol. The molecule has 5 rings (SSSR count). The minimum Gasteiger partial charge on any atom is -0.454 e. The Balaban J connectivity index is 1.31. The van der Waals surface area contributed by atoms with Crippen LogP contribution in [-0.2, 0) is 0 Å². The van der Waals surface area contributed by atoms with Crippen LogP contribution in [0.4, 0.5) is 0 Å². The molecule has 1 aromatic heterocycles. The van der Waals surface area contributed by atoms with E-state index in [1.165, 1.54) is 16.9 Å². The third kappa shape index (κ3) is 3.26. The first-order valence-electron chi connectivity index (χ1n) is 8.94. The molecule has 3 heterocycles. The Labute approximate surface area is 165 Å². The highest BCUT2D eigenvalue weighted by Gasteiger charge is 2.26. The molecule has 138 valence electrons. The first-order valence-corrected chi connectivity index (χ1v) is 10.8. The van der Waals surface area contributed by atoms with Crippen molar-refractivity contribution in [1.29, 1.82) is 0 Å². The van der Waals surface area contributed by atoms with Crippen molar-refractivity contribution in [2.45, 2.75) is 11.7 Å². The van der Waals surface area contributed by atoms with Gasteiger partial charge in [-0.05, 0) is 36.2 Å². The van der Waals surface area contributed by atoms with Gasteiger partial charge >= 0.3 is 0 Å². The largest absolute Gasteiger partial charge is 0.454 e. The van der Waals surface area contributed by atoms with Crippen LogP contribution in [0.2, 0.25) is 0 Å². The fourth-order valence-electron chi connectivity index (χ4n) is 3.45. The quantitative estimate of drug-likeness (QED) is 0.643. The first-order chi connectivity index (χ1) is 13.3. The molecule has 0 N–H and O–H groups in total. The Bertz CT molecular complexity index is 971. The van der Waals surface area contributed by atoms with Crippen LogP contribution < -0.4 is 9.47 Å². The van der Waals surface area contributed by atoms with Gasteiger partial charge in [0, 0.05) is 24.1 Å². The number of hydrogen-bond acceptors (Lipinski definition) is 6. The van der Waals surface area contributed by atoms with Crippen LogP contribution in [0.1, 0.15) is 27.0 Å². The number of thioether (sulfide) groups is 1. The number of rotatable bonds is 2. The molecule has 0 spiro atoms. The van der Waals surface area contributed by atoms with E-state index in [0.717, 1.165) is 47.0 Å². The molecule has 0 radical (unpaired) electrons. The fourth-order valence-corrected chi connectivity index (χ4v) is 5.61. The van der Waals surface area contributed by atoms with Crippen LogP contribution in [0.3, 0.4) is 0 Å². The summed E-state index contributed by atoms with van der Waals surface area (Å²) in [6, 6.07) is 14.1. The number of fused-ring (bicyclic) bond motifs is 2. The predicted molar refractivity (Wildman–Crippen MR) is 108 cm³/mol. The molecule has 1 fully saturated rings. The maximum atomic E-state index is 12.9. The van der Waals surface area contributed by atoms with Crippen LogP contribution >= 0.6 is 23.1 Å². The van der Waals surface area contributed by atoms with Gasteiger partial charge in [0.05, 0.1) is 10.2 Å². The van der Waals surface area contributed by atoms with Gasteiger partial charge in [0.2, 0.25) is 6.79 Å². The summed E-state index contributed by atoms with van der Waals surface area (Å²) in [6.45, 7) is 1.78. The van der Waals surface area contributed by atoms with Gasteiger partial charge in [-0.3, -0.25) is 4.79 Å². The van der Waals surface area contributed by atoms with Gasteiger partial charge in [-0.1, -0.05) is 18.2 Å². The second-order valence-electron chi connectivity index (χ2n) is 6.54. The van der Waals surface area contributed by atoms with E-state index in [4.69, 9.17) is 9.47 Å². The predicted octanol–water partition coefficient (Wildman–Crippen LogP) is 4.35. The van der Waals surface area contributed by atoms with E-state index in [1.54, 1.807) is 0 Å². The maximum Gasteiger partial charge on any atom is 0.282 e. The zero-order valence-corrected chi connectivity index (χ0v) is 16.2. The van der Waals surface area contributed by atoms with Crippen molar-refractivity contribution in [3.8, 4) is 11.5 Å². The number of aromatic nitrogens is 1. The lowest BCUT2D eigenvalue weighted by molar-refractivity contribution is 0.0766. The minimum atomic E-state index is 0.0446.